The summed E-state index contributed by atoms with van der Waals surface area (Å²) < 4.78 is 5.93. The van der Waals surface area contributed by atoms with Crippen LogP contribution in [0.15, 0.2) is 103 Å². The van der Waals surface area contributed by atoms with Crippen LogP contribution in [0, 0.1) is 0 Å². The van der Waals surface area contributed by atoms with Crippen molar-refractivity contribution in [2.24, 2.45) is 0 Å². The molecule has 0 fully saturated rings. The molecule has 0 amide bonds. The van der Waals surface area contributed by atoms with E-state index in [1.807, 2.05) is 54.6 Å². The zero-order valence-electron chi connectivity index (χ0n) is 14.9. The van der Waals surface area contributed by atoms with E-state index in [1.165, 1.54) is 12.3 Å². The minimum absolute atomic E-state index is 0.0835. The summed E-state index contributed by atoms with van der Waals surface area (Å²) in [5.41, 5.74) is 5.40. The van der Waals surface area contributed by atoms with Gasteiger partial charge in [0, 0.05) is 11.6 Å². The van der Waals surface area contributed by atoms with Crippen molar-refractivity contribution in [3.05, 3.63) is 120 Å². The molecule has 1 aliphatic rings. The van der Waals surface area contributed by atoms with Gasteiger partial charge < -0.3 is 4.74 Å². The van der Waals surface area contributed by atoms with E-state index in [2.05, 4.69) is 36.4 Å². The lowest BCUT2D eigenvalue weighted by molar-refractivity contribution is -0.117. The van der Waals surface area contributed by atoms with Crippen LogP contribution in [0.2, 0.25) is 0 Å². The van der Waals surface area contributed by atoms with E-state index in [-0.39, 0.29) is 11.9 Å². The monoisotopic (exact) mass is 352 g/mol. The van der Waals surface area contributed by atoms with Crippen LogP contribution < -0.4 is 0 Å². The van der Waals surface area contributed by atoms with Gasteiger partial charge in [0.05, 0.1) is 12.7 Å². The SMILES string of the molecule is O=C1C=CO[C@@H](C(=C(c2ccccc2)c2ccccc2)c2ccccc2)C1. The highest BCUT2D eigenvalue weighted by atomic mass is 16.5. The molecule has 1 atom stereocenters. The van der Waals surface area contributed by atoms with Gasteiger partial charge in [-0.1, -0.05) is 91.0 Å². The van der Waals surface area contributed by atoms with Crippen LogP contribution in [-0.2, 0) is 9.53 Å². The fraction of sp³-hybridized carbons (Fsp3) is 0.0800. The largest absolute Gasteiger partial charge is 0.493 e. The van der Waals surface area contributed by atoms with Crippen LogP contribution in [0.5, 0.6) is 0 Å². The van der Waals surface area contributed by atoms with Crippen molar-refractivity contribution in [1.29, 1.82) is 0 Å². The van der Waals surface area contributed by atoms with Gasteiger partial charge in [0.15, 0.2) is 5.78 Å². The van der Waals surface area contributed by atoms with Crippen molar-refractivity contribution in [3.63, 3.8) is 0 Å². The molecule has 3 aromatic rings. The molecule has 0 bridgehead atoms. The van der Waals surface area contributed by atoms with E-state index in [0.717, 1.165) is 27.8 Å². The molecule has 1 aliphatic heterocycles. The lowest BCUT2D eigenvalue weighted by atomic mass is 9.85. The Morgan fingerprint density at radius 1 is 0.704 bits per heavy atom. The van der Waals surface area contributed by atoms with E-state index in [0.29, 0.717) is 6.42 Å². The van der Waals surface area contributed by atoms with Gasteiger partial charge in [-0.05, 0) is 22.3 Å². The van der Waals surface area contributed by atoms with Gasteiger partial charge in [-0.15, -0.1) is 0 Å². The molecule has 0 saturated heterocycles. The molecule has 27 heavy (non-hydrogen) atoms. The maximum atomic E-state index is 12.1. The number of carbonyl (C=O) groups is 1. The Kier molecular flexibility index (Phi) is 4.97. The van der Waals surface area contributed by atoms with Gasteiger partial charge in [0.25, 0.3) is 0 Å². The number of hydrogen-bond acceptors (Lipinski definition) is 2. The zero-order valence-corrected chi connectivity index (χ0v) is 14.9. The minimum atomic E-state index is -0.319. The number of ketones is 1. The van der Waals surface area contributed by atoms with E-state index < -0.39 is 0 Å². The molecular weight excluding hydrogens is 332 g/mol. The molecule has 132 valence electrons. The fourth-order valence-corrected chi connectivity index (χ4v) is 3.48. The summed E-state index contributed by atoms with van der Waals surface area (Å²) in [4.78, 5) is 12.1. The van der Waals surface area contributed by atoms with E-state index in [9.17, 15) is 4.79 Å². The quantitative estimate of drug-likeness (QED) is 0.578. The Balaban J connectivity index is 2.01. The number of rotatable bonds is 4. The number of allylic oxidation sites excluding steroid dienone is 1. The molecule has 0 aliphatic carbocycles. The predicted octanol–water partition coefficient (Wildman–Crippen LogP) is 5.52. The second kappa shape index (κ2) is 7.88. The Morgan fingerprint density at radius 3 is 1.67 bits per heavy atom. The first-order valence-electron chi connectivity index (χ1n) is 9.08. The molecule has 0 aromatic heterocycles. The van der Waals surface area contributed by atoms with Crippen LogP contribution in [-0.4, -0.2) is 11.9 Å². The molecule has 0 radical (unpaired) electrons. The van der Waals surface area contributed by atoms with E-state index in [1.54, 1.807) is 0 Å². The molecule has 4 rings (SSSR count). The van der Waals surface area contributed by atoms with E-state index >= 15 is 0 Å². The van der Waals surface area contributed by atoms with Gasteiger partial charge in [0.1, 0.15) is 6.10 Å². The van der Waals surface area contributed by atoms with Crippen molar-refractivity contribution in [3.8, 4) is 0 Å². The van der Waals surface area contributed by atoms with Crippen LogP contribution in [0.4, 0.5) is 0 Å². The predicted molar refractivity (Wildman–Crippen MR) is 109 cm³/mol. The maximum absolute atomic E-state index is 12.1. The molecule has 0 saturated carbocycles. The van der Waals surface area contributed by atoms with Crippen molar-refractivity contribution in [2.75, 3.05) is 0 Å². The second-order valence-corrected chi connectivity index (χ2v) is 6.48. The minimum Gasteiger partial charge on any atom is -0.493 e. The van der Waals surface area contributed by atoms with Crippen LogP contribution in [0.1, 0.15) is 23.1 Å². The summed E-state index contributed by atoms with van der Waals surface area (Å²) >= 11 is 0. The summed E-state index contributed by atoms with van der Waals surface area (Å²) in [5.74, 6) is 0.0835. The number of carbonyl (C=O) groups excluding carboxylic acids is 1. The third-order valence-corrected chi connectivity index (χ3v) is 4.68. The first kappa shape index (κ1) is 17.0. The molecular formula is C25H20O2. The smallest absolute Gasteiger partial charge is 0.162 e. The van der Waals surface area contributed by atoms with Crippen molar-refractivity contribution < 1.29 is 9.53 Å². The molecule has 3 aromatic carbocycles. The topological polar surface area (TPSA) is 26.3 Å². The lowest BCUT2D eigenvalue weighted by Gasteiger charge is -2.26. The van der Waals surface area contributed by atoms with Crippen LogP contribution in [0.3, 0.4) is 0 Å². The Bertz CT molecular complexity index is 929. The summed E-state index contributed by atoms with van der Waals surface area (Å²) in [5, 5.41) is 0. The number of ether oxygens (including phenoxy) is 1. The number of hydrogen-bond donors (Lipinski definition) is 0. The van der Waals surface area contributed by atoms with Crippen molar-refractivity contribution in [2.45, 2.75) is 12.5 Å². The highest BCUT2D eigenvalue weighted by molar-refractivity contribution is 6.02. The normalized spacial score (nSPS) is 15.9. The maximum Gasteiger partial charge on any atom is 0.162 e. The van der Waals surface area contributed by atoms with E-state index in [4.69, 9.17) is 4.74 Å². The van der Waals surface area contributed by atoms with Crippen molar-refractivity contribution >= 4 is 16.9 Å². The highest BCUT2D eigenvalue weighted by Gasteiger charge is 2.26. The fourth-order valence-electron chi connectivity index (χ4n) is 3.48. The summed E-state index contributed by atoms with van der Waals surface area (Å²) in [6.07, 6.45) is 3.04. The summed E-state index contributed by atoms with van der Waals surface area (Å²) in [6, 6.07) is 30.8. The first-order valence-corrected chi connectivity index (χ1v) is 9.08. The second-order valence-electron chi connectivity index (χ2n) is 6.48. The van der Waals surface area contributed by atoms with Gasteiger partial charge >= 0.3 is 0 Å². The first-order chi connectivity index (χ1) is 13.3. The third kappa shape index (κ3) is 3.75. The Hall–Kier alpha value is -3.39. The van der Waals surface area contributed by atoms with Gasteiger partial charge in [-0.3, -0.25) is 4.79 Å². The van der Waals surface area contributed by atoms with Gasteiger partial charge in [-0.2, -0.15) is 0 Å². The summed E-state index contributed by atoms with van der Waals surface area (Å²) in [6.45, 7) is 0. The van der Waals surface area contributed by atoms with Crippen LogP contribution in [0.25, 0.3) is 11.1 Å². The average Bonchev–Trinajstić information content (AvgIpc) is 2.74. The molecule has 2 nitrogen and oxygen atoms in total. The zero-order chi connectivity index (χ0) is 18.5. The summed E-state index contributed by atoms with van der Waals surface area (Å²) in [7, 11) is 0. The van der Waals surface area contributed by atoms with Crippen LogP contribution >= 0.6 is 0 Å². The molecule has 1 heterocycles. The van der Waals surface area contributed by atoms with Crippen molar-refractivity contribution in [1.82, 2.24) is 0 Å². The third-order valence-electron chi connectivity index (χ3n) is 4.68. The lowest BCUT2D eigenvalue weighted by Crippen LogP contribution is -2.21. The molecule has 0 N–H and O–H groups in total. The standard InChI is InChI=1S/C25H20O2/c26-22-16-17-27-23(18-22)25(21-14-8-3-9-15-21)24(19-10-4-1-5-11-19)20-12-6-2-7-13-20/h1-17,23H,18H2/t23-/m1/s1. The molecule has 0 spiro atoms. The Morgan fingerprint density at radius 2 is 1.19 bits per heavy atom. The van der Waals surface area contributed by atoms with Gasteiger partial charge in [-0.25, -0.2) is 0 Å². The van der Waals surface area contributed by atoms with Gasteiger partial charge in [0.2, 0.25) is 0 Å². The molecule has 0 unspecified atom stereocenters. The average molecular weight is 352 g/mol. The highest BCUT2D eigenvalue weighted by Crippen LogP contribution is 2.37. The Labute approximate surface area is 159 Å². The molecule has 2 heteroatoms. The number of benzene rings is 3.